The number of nitrogens with one attached hydrogen (secondary N) is 1. The van der Waals surface area contributed by atoms with Crippen LogP contribution in [0.5, 0.6) is 0 Å². The topological polar surface area (TPSA) is 24.9 Å². The average molecular weight is 105 g/mol. The molecule has 2 rings (SSSR count). The molecule has 0 bridgehead atoms. The number of fused-ring (bicyclic) bond motifs is 1. The highest BCUT2D eigenvalue weighted by Gasteiger charge is 2.09. The maximum atomic E-state index is 4.05. The molecule has 2 heterocycles. The predicted octanol–water partition coefficient (Wildman–Crippen LogP) is 0.807. The van der Waals surface area contributed by atoms with E-state index in [1.807, 2.05) is 6.07 Å². The molecule has 0 aliphatic carbocycles. The molecular weight excluding hydrogens is 100 g/mol. The fourth-order valence-corrected chi connectivity index (χ4v) is 0.755. The smallest absolute Gasteiger partial charge is 0.0826 e. The molecule has 0 saturated carbocycles. The van der Waals surface area contributed by atoms with E-state index in [4.69, 9.17) is 0 Å². The lowest BCUT2D eigenvalue weighted by molar-refractivity contribution is 0.961. The van der Waals surface area contributed by atoms with Crippen molar-refractivity contribution in [3.8, 4) is 0 Å². The SMILES string of the molecule is [c]1cnc2c(c1)NC2. The summed E-state index contributed by atoms with van der Waals surface area (Å²) in [6.07, 6.45) is 1.69. The van der Waals surface area contributed by atoms with Gasteiger partial charge in [-0.05, 0) is 6.07 Å². The highest BCUT2D eigenvalue weighted by Crippen LogP contribution is 2.20. The second-order valence-corrected chi connectivity index (χ2v) is 1.78. The average Bonchev–Trinajstić information content (AvgIpc) is 1.72. The maximum absolute atomic E-state index is 4.05. The molecule has 8 heavy (non-hydrogen) atoms. The largest absolute Gasteiger partial charge is 0.378 e. The molecule has 0 spiro atoms. The van der Waals surface area contributed by atoms with Crippen LogP contribution in [0.25, 0.3) is 0 Å². The molecule has 1 aromatic heterocycles. The number of hydrogen-bond donors (Lipinski definition) is 1. The molecule has 0 unspecified atom stereocenters. The summed E-state index contributed by atoms with van der Waals surface area (Å²) in [5.74, 6) is 0. The van der Waals surface area contributed by atoms with Crippen molar-refractivity contribution in [2.75, 3.05) is 5.32 Å². The van der Waals surface area contributed by atoms with Gasteiger partial charge >= 0.3 is 0 Å². The van der Waals surface area contributed by atoms with Crippen molar-refractivity contribution in [2.24, 2.45) is 0 Å². The van der Waals surface area contributed by atoms with Gasteiger partial charge in [0.1, 0.15) is 0 Å². The van der Waals surface area contributed by atoms with Crippen molar-refractivity contribution in [1.29, 1.82) is 0 Å². The van der Waals surface area contributed by atoms with Crippen LogP contribution < -0.4 is 5.32 Å². The van der Waals surface area contributed by atoms with Crippen molar-refractivity contribution in [1.82, 2.24) is 4.98 Å². The minimum Gasteiger partial charge on any atom is -0.378 e. The third kappa shape index (κ3) is 0.346. The molecule has 1 aromatic rings. The summed E-state index contributed by atoms with van der Waals surface area (Å²) < 4.78 is 0. The Morgan fingerprint density at radius 1 is 1.75 bits per heavy atom. The van der Waals surface area contributed by atoms with Gasteiger partial charge in [-0.3, -0.25) is 4.98 Å². The van der Waals surface area contributed by atoms with Gasteiger partial charge in [0.15, 0.2) is 0 Å². The fourth-order valence-electron chi connectivity index (χ4n) is 0.755. The van der Waals surface area contributed by atoms with Crippen LogP contribution in [0.4, 0.5) is 5.69 Å². The molecule has 0 amide bonds. The van der Waals surface area contributed by atoms with Crippen molar-refractivity contribution < 1.29 is 0 Å². The Bertz CT molecular complexity index is 184. The van der Waals surface area contributed by atoms with Gasteiger partial charge in [0.05, 0.1) is 17.9 Å². The molecule has 2 heteroatoms. The van der Waals surface area contributed by atoms with Crippen LogP contribution in [-0.4, -0.2) is 4.98 Å². The Labute approximate surface area is 47.6 Å². The zero-order valence-electron chi connectivity index (χ0n) is 4.31. The summed E-state index contributed by atoms with van der Waals surface area (Å²) in [6, 6.07) is 4.79. The van der Waals surface area contributed by atoms with E-state index in [1.165, 1.54) is 0 Å². The van der Waals surface area contributed by atoms with Gasteiger partial charge in [0.2, 0.25) is 0 Å². The molecule has 0 saturated heterocycles. The normalized spacial score (nSPS) is 13.5. The summed E-state index contributed by atoms with van der Waals surface area (Å²) in [4.78, 5) is 4.05. The van der Waals surface area contributed by atoms with E-state index in [-0.39, 0.29) is 0 Å². The monoisotopic (exact) mass is 105 g/mol. The lowest BCUT2D eigenvalue weighted by Crippen LogP contribution is -2.14. The zero-order valence-corrected chi connectivity index (χ0v) is 4.31. The first-order chi connectivity index (χ1) is 3.97. The Morgan fingerprint density at radius 2 is 2.75 bits per heavy atom. The van der Waals surface area contributed by atoms with Crippen molar-refractivity contribution in [3.63, 3.8) is 0 Å². The standard InChI is InChI=1S/C6H5N2/c1-2-5-6(4-8-5)7-3-1/h2-3,8H,4H2. The summed E-state index contributed by atoms with van der Waals surface area (Å²) >= 11 is 0. The van der Waals surface area contributed by atoms with E-state index in [0.717, 1.165) is 17.9 Å². The molecule has 1 aliphatic heterocycles. The van der Waals surface area contributed by atoms with Crippen LogP contribution in [0.3, 0.4) is 0 Å². The van der Waals surface area contributed by atoms with E-state index in [1.54, 1.807) is 6.20 Å². The van der Waals surface area contributed by atoms with Crippen LogP contribution in [0.15, 0.2) is 12.3 Å². The fraction of sp³-hybridized carbons (Fsp3) is 0.167. The van der Waals surface area contributed by atoms with E-state index in [0.29, 0.717) is 0 Å². The van der Waals surface area contributed by atoms with Gasteiger partial charge in [0.25, 0.3) is 0 Å². The number of pyridine rings is 1. The van der Waals surface area contributed by atoms with Gasteiger partial charge in [-0.25, -0.2) is 0 Å². The first-order valence-electron chi connectivity index (χ1n) is 2.55. The summed E-state index contributed by atoms with van der Waals surface area (Å²) in [6.45, 7) is 0.921. The second-order valence-electron chi connectivity index (χ2n) is 1.78. The number of aromatic nitrogens is 1. The van der Waals surface area contributed by atoms with Crippen LogP contribution in [0, 0.1) is 6.07 Å². The van der Waals surface area contributed by atoms with Gasteiger partial charge in [-0.15, -0.1) is 0 Å². The number of hydrogen-bond acceptors (Lipinski definition) is 2. The molecule has 1 N–H and O–H groups in total. The quantitative estimate of drug-likeness (QED) is 0.528. The molecule has 1 radical (unpaired) electrons. The molecule has 39 valence electrons. The maximum Gasteiger partial charge on any atom is 0.0826 e. The first kappa shape index (κ1) is 3.89. The van der Waals surface area contributed by atoms with Crippen LogP contribution >= 0.6 is 0 Å². The van der Waals surface area contributed by atoms with E-state index in [9.17, 15) is 0 Å². The second kappa shape index (κ2) is 1.22. The van der Waals surface area contributed by atoms with Gasteiger partial charge in [-0.2, -0.15) is 0 Å². The first-order valence-corrected chi connectivity index (χ1v) is 2.55. The Hall–Kier alpha value is -1.05. The molecular formula is C6H5N2. The third-order valence-corrected chi connectivity index (χ3v) is 1.28. The lowest BCUT2D eigenvalue weighted by atomic mass is 10.2. The van der Waals surface area contributed by atoms with E-state index in [2.05, 4.69) is 16.4 Å². The molecule has 1 aliphatic rings. The summed E-state index contributed by atoms with van der Waals surface area (Å²) in [7, 11) is 0. The number of anilines is 1. The number of nitrogens with zero attached hydrogens (tertiary/aromatic N) is 1. The van der Waals surface area contributed by atoms with Crippen LogP contribution in [-0.2, 0) is 6.54 Å². The predicted molar refractivity (Wildman–Crippen MR) is 30.4 cm³/mol. The molecule has 0 aromatic carbocycles. The van der Waals surface area contributed by atoms with Gasteiger partial charge < -0.3 is 5.32 Å². The Kier molecular flexibility index (Phi) is 0.592. The van der Waals surface area contributed by atoms with Crippen LogP contribution in [0.1, 0.15) is 5.69 Å². The third-order valence-electron chi connectivity index (χ3n) is 1.28. The van der Waals surface area contributed by atoms with Crippen molar-refractivity contribution in [3.05, 3.63) is 24.0 Å². The molecule has 0 fully saturated rings. The highest BCUT2D eigenvalue weighted by molar-refractivity contribution is 5.55. The van der Waals surface area contributed by atoms with Crippen molar-refractivity contribution in [2.45, 2.75) is 6.54 Å². The summed E-state index contributed by atoms with van der Waals surface area (Å²) in [5.41, 5.74) is 2.29. The highest BCUT2D eigenvalue weighted by atomic mass is 15.0. The number of rotatable bonds is 0. The minimum atomic E-state index is 0.921. The Morgan fingerprint density at radius 3 is 3.12 bits per heavy atom. The van der Waals surface area contributed by atoms with Crippen LogP contribution in [0.2, 0.25) is 0 Å². The lowest BCUT2D eigenvalue weighted by Gasteiger charge is -2.18. The van der Waals surface area contributed by atoms with Gasteiger partial charge in [0, 0.05) is 12.3 Å². The summed E-state index contributed by atoms with van der Waals surface area (Å²) in [5, 5.41) is 3.10. The zero-order chi connectivity index (χ0) is 5.40. The van der Waals surface area contributed by atoms with E-state index >= 15 is 0 Å². The minimum absolute atomic E-state index is 0.921. The molecule has 0 atom stereocenters. The Balaban J connectivity index is 2.62. The molecule has 2 nitrogen and oxygen atoms in total. The van der Waals surface area contributed by atoms with E-state index < -0.39 is 0 Å². The van der Waals surface area contributed by atoms with Crippen molar-refractivity contribution >= 4 is 5.69 Å². The van der Waals surface area contributed by atoms with Gasteiger partial charge in [-0.1, -0.05) is 0 Å².